The molecule has 0 radical (unpaired) electrons. The highest BCUT2D eigenvalue weighted by Crippen LogP contribution is 2.27. The molecule has 2 aromatic rings. The number of quaternary nitrogens is 1. The van der Waals surface area contributed by atoms with E-state index in [1.54, 1.807) is 6.07 Å². The third-order valence-corrected chi connectivity index (χ3v) is 5.35. The van der Waals surface area contributed by atoms with Crippen LogP contribution in [0.15, 0.2) is 27.4 Å². The Hall–Kier alpha value is -1.65. The van der Waals surface area contributed by atoms with Gasteiger partial charge < -0.3 is 14.1 Å². The Morgan fingerprint density at radius 1 is 1.04 bits per heavy atom. The molecule has 1 aromatic heterocycles. The molecule has 1 unspecified atom stereocenters. The molecule has 3 atom stereocenters. The van der Waals surface area contributed by atoms with E-state index in [2.05, 4.69) is 26.0 Å². The van der Waals surface area contributed by atoms with Gasteiger partial charge in [-0.15, -0.1) is 0 Å². The van der Waals surface area contributed by atoms with E-state index >= 15 is 0 Å². The molecule has 2 aliphatic rings. The number of nitrogens with one attached hydrogen (secondary N) is 1. The van der Waals surface area contributed by atoms with Gasteiger partial charge in [0, 0.05) is 17.0 Å². The number of aryl methyl sites for hydroxylation is 2. The lowest BCUT2D eigenvalue weighted by molar-refractivity contribution is -0.928. The molecule has 0 amide bonds. The third kappa shape index (κ3) is 3.13. The van der Waals surface area contributed by atoms with Gasteiger partial charge in [-0.2, -0.15) is 0 Å². The summed E-state index contributed by atoms with van der Waals surface area (Å²) in [5, 5.41) is 1.12. The lowest BCUT2D eigenvalue weighted by Crippen LogP contribution is -3.14. The minimum absolute atomic E-state index is 0.234. The predicted molar refractivity (Wildman–Crippen MR) is 93.5 cm³/mol. The van der Waals surface area contributed by atoms with Crippen LogP contribution in [0.4, 0.5) is 0 Å². The number of morpholine rings is 1. The van der Waals surface area contributed by atoms with E-state index in [1.165, 1.54) is 28.9 Å². The van der Waals surface area contributed by atoms with Gasteiger partial charge >= 0.3 is 5.63 Å². The Labute approximate surface area is 142 Å². The fourth-order valence-electron chi connectivity index (χ4n) is 4.41. The highest BCUT2D eigenvalue weighted by atomic mass is 16.5. The maximum absolute atomic E-state index is 12.0. The fraction of sp³-hybridized carbons (Fsp3) is 0.550. The van der Waals surface area contributed by atoms with E-state index in [1.807, 2.05) is 0 Å². The van der Waals surface area contributed by atoms with Crippen molar-refractivity contribution in [3.05, 3.63) is 45.3 Å². The second-order valence-corrected chi connectivity index (χ2v) is 7.51. The van der Waals surface area contributed by atoms with E-state index < -0.39 is 0 Å². The number of hydrogen-bond donors (Lipinski definition) is 1. The van der Waals surface area contributed by atoms with E-state index in [0.29, 0.717) is 0 Å². The van der Waals surface area contributed by atoms with Gasteiger partial charge in [0.2, 0.25) is 0 Å². The van der Waals surface area contributed by atoms with Gasteiger partial charge in [0.15, 0.2) is 0 Å². The molecular weight excluding hydrogens is 302 g/mol. The Morgan fingerprint density at radius 2 is 1.71 bits per heavy atom. The van der Waals surface area contributed by atoms with Crippen LogP contribution in [0.25, 0.3) is 11.0 Å². The first-order valence-corrected chi connectivity index (χ1v) is 9.16. The van der Waals surface area contributed by atoms with Crippen molar-refractivity contribution in [1.82, 2.24) is 0 Å². The normalized spacial score (nSPS) is 27.2. The molecule has 1 N–H and O–H groups in total. The first kappa shape index (κ1) is 15.9. The minimum atomic E-state index is -0.234. The zero-order valence-electron chi connectivity index (χ0n) is 14.6. The van der Waals surface area contributed by atoms with Crippen molar-refractivity contribution in [2.45, 2.75) is 58.3 Å². The molecule has 24 heavy (non-hydrogen) atoms. The summed E-state index contributed by atoms with van der Waals surface area (Å²) in [5.74, 6) is 0. The lowest BCUT2D eigenvalue weighted by Gasteiger charge is -2.32. The van der Waals surface area contributed by atoms with Crippen LogP contribution in [-0.2, 0) is 24.1 Å². The van der Waals surface area contributed by atoms with Crippen LogP contribution in [-0.4, -0.2) is 25.3 Å². The molecule has 0 spiro atoms. The van der Waals surface area contributed by atoms with Crippen LogP contribution >= 0.6 is 0 Å². The Morgan fingerprint density at radius 3 is 2.42 bits per heavy atom. The number of rotatable bonds is 2. The molecule has 1 aromatic carbocycles. The first-order chi connectivity index (χ1) is 11.6. The highest BCUT2D eigenvalue weighted by Gasteiger charge is 2.26. The second-order valence-electron chi connectivity index (χ2n) is 7.51. The van der Waals surface area contributed by atoms with Crippen LogP contribution in [0.2, 0.25) is 0 Å². The first-order valence-electron chi connectivity index (χ1n) is 9.16. The van der Waals surface area contributed by atoms with Gasteiger partial charge in [0.05, 0.1) is 0 Å². The average Bonchev–Trinajstić information content (AvgIpc) is 2.52. The maximum Gasteiger partial charge on any atom is 0.336 e. The highest BCUT2D eigenvalue weighted by molar-refractivity contribution is 5.82. The van der Waals surface area contributed by atoms with Gasteiger partial charge in [-0.05, 0) is 62.8 Å². The molecule has 4 heteroatoms. The average molecular weight is 328 g/mol. The molecule has 0 bridgehead atoms. The summed E-state index contributed by atoms with van der Waals surface area (Å²) in [4.78, 5) is 13.5. The molecule has 1 saturated heterocycles. The van der Waals surface area contributed by atoms with Crippen LogP contribution < -0.4 is 10.5 Å². The van der Waals surface area contributed by atoms with E-state index in [-0.39, 0.29) is 17.8 Å². The molecule has 128 valence electrons. The zero-order valence-corrected chi connectivity index (χ0v) is 14.6. The largest absolute Gasteiger partial charge is 0.423 e. The summed E-state index contributed by atoms with van der Waals surface area (Å²) in [6.07, 6.45) is 5.27. The summed E-state index contributed by atoms with van der Waals surface area (Å²) in [6, 6.07) is 6.07. The standard InChI is InChI=1S/C20H25NO3/c1-13-10-21(11-14(2)23-13)12-17-9-20(22)24-19-8-16-6-4-3-5-15(16)7-18(17)19/h7-9,13-14H,3-6,10-12H2,1-2H3/p+1/t13-,14+. The van der Waals surface area contributed by atoms with E-state index in [4.69, 9.17) is 9.15 Å². The summed E-state index contributed by atoms with van der Waals surface area (Å²) in [7, 11) is 0. The van der Waals surface area contributed by atoms with Gasteiger partial charge in [-0.25, -0.2) is 4.79 Å². The SMILES string of the molecule is C[C@@H]1C[NH+](Cc2cc(=O)oc3cc4c(cc23)CCCC4)C[C@H](C)O1. The summed E-state index contributed by atoms with van der Waals surface area (Å²) >= 11 is 0. The minimum Gasteiger partial charge on any atom is -0.423 e. The third-order valence-electron chi connectivity index (χ3n) is 5.35. The van der Waals surface area contributed by atoms with E-state index in [0.717, 1.165) is 49.0 Å². The van der Waals surface area contributed by atoms with Crippen molar-refractivity contribution in [3.8, 4) is 0 Å². The molecule has 4 rings (SSSR count). The second kappa shape index (κ2) is 6.34. The maximum atomic E-state index is 12.0. The number of benzene rings is 1. The number of ether oxygens (including phenoxy) is 1. The van der Waals surface area contributed by atoms with Crippen LogP contribution in [0.3, 0.4) is 0 Å². The van der Waals surface area contributed by atoms with Crippen molar-refractivity contribution in [1.29, 1.82) is 0 Å². The monoisotopic (exact) mass is 328 g/mol. The van der Waals surface area contributed by atoms with Gasteiger partial charge in [0.1, 0.15) is 37.4 Å². The van der Waals surface area contributed by atoms with Gasteiger partial charge in [-0.3, -0.25) is 0 Å². The van der Waals surface area contributed by atoms with Crippen molar-refractivity contribution < 1.29 is 14.1 Å². The molecule has 4 nitrogen and oxygen atoms in total. The molecule has 0 saturated carbocycles. The zero-order chi connectivity index (χ0) is 16.7. The van der Waals surface area contributed by atoms with Crippen LogP contribution in [0, 0.1) is 0 Å². The smallest absolute Gasteiger partial charge is 0.336 e. The Bertz CT molecular complexity index is 800. The Balaban J connectivity index is 1.72. The quantitative estimate of drug-likeness (QED) is 0.856. The summed E-state index contributed by atoms with van der Waals surface area (Å²) in [6.45, 7) is 7.08. The Kier molecular flexibility index (Phi) is 4.19. The topological polar surface area (TPSA) is 43.9 Å². The van der Waals surface area contributed by atoms with Crippen LogP contribution in [0.5, 0.6) is 0 Å². The van der Waals surface area contributed by atoms with Crippen molar-refractivity contribution in [2.24, 2.45) is 0 Å². The predicted octanol–water partition coefficient (Wildman–Crippen LogP) is 1.86. The molecule has 1 fully saturated rings. The summed E-state index contributed by atoms with van der Waals surface area (Å²) < 4.78 is 11.3. The van der Waals surface area contributed by atoms with Gasteiger partial charge in [0.25, 0.3) is 0 Å². The van der Waals surface area contributed by atoms with Crippen molar-refractivity contribution in [3.63, 3.8) is 0 Å². The van der Waals surface area contributed by atoms with E-state index in [9.17, 15) is 4.79 Å². The number of hydrogen-bond acceptors (Lipinski definition) is 3. The van der Waals surface area contributed by atoms with Gasteiger partial charge in [-0.1, -0.05) is 0 Å². The molecule has 2 heterocycles. The molecule has 1 aliphatic heterocycles. The van der Waals surface area contributed by atoms with Crippen LogP contribution in [0.1, 0.15) is 43.4 Å². The number of fused-ring (bicyclic) bond motifs is 2. The fourth-order valence-corrected chi connectivity index (χ4v) is 4.41. The van der Waals surface area contributed by atoms with Crippen molar-refractivity contribution in [2.75, 3.05) is 13.1 Å². The molecule has 1 aliphatic carbocycles. The summed E-state index contributed by atoms with van der Waals surface area (Å²) in [5.41, 5.74) is 4.43. The lowest BCUT2D eigenvalue weighted by atomic mass is 9.90. The molecular formula is C20H26NO3+. The van der Waals surface area contributed by atoms with Crippen molar-refractivity contribution >= 4 is 11.0 Å².